The molecule has 3 unspecified atom stereocenters. The van der Waals surface area contributed by atoms with Gasteiger partial charge in [0.15, 0.2) is 0 Å². The molecule has 2 aliphatic carbocycles. The maximum Gasteiger partial charge on any atom is 0.123 e. The van der Waals surface area contributed by atoms with Crippen LogP contribution >= 0.6 is 0 Å². The summed E-state index contributed by atoms with van der Waals surface area (Å²) in [6, 6.07) is 0. The first-order valence-corrected chi connectivity index (χ1v) is 8.22. The number of rotatable bonds is 3. The van der Waals surface area contributed by atoms with Crippen LogP contribution in [-0.2, 0) is 4.79 Å². The highest BCUT2D eigenvalue weighted by molar-refractivity contribution is 5.54. The molecule has 19 heavy (non-hydrogen) atoms. The van der Waals surface area contributed by atoms with Gasteiger partial charge in [-0.2, -0.15) is 0 Å². The van der Waals surface area contributed by atoms with Gasteiger partial charge in [0.1, 0.15) is 6.29 Å². The Morgan fingerprint density at radius 3 is 2.47 bits per heavy atom. The lowest BCUT2D eigenvalue weighted by Crippen LogP contribution is -2.14. The monoisotopic (exact) mass is 264 g/mol. The van der Waals surface area contributed by atoms with Crippen molar-refractivity contribution in [3.63, 3.8) is 0 Å². The molecular formula is C18H32O. The van der Waals surface area contributed by atoms with Crippen molar-refractivity contribution in [2.24, 2.45) is 23.7 Å². The molecule has 0 heterocycles. The third-order valence-electron chi connectivity index (χ3n) is 4.35. The molecule has 1 nitrogen and oxygen atoms in total. The van der Waals surface area contributed by atoms with Crippen LogP contribution < -0.4 is 0 Å². The minimum Gasteiger partial charge on any atom is -0.303 e. The van der Waals surface area contributed by atoms with Gasteiger partial charge in [0.25, 0.3) is 0 Å². The maximum absolute atomic E-state index is 10.1. The van der Waals surface area contributed by atoms with Crippen LogP contribution in [0.2, 0.25) is 0 Å². The molecule has 1 saturated carbocycles. The lowest BCUT2D eigenvalue weighted by atomic mass is 9.79. The molecule has 0 aliphatic heterocycles. The number of aldehydes is 1. The van der Waals surface area contributed by atoms with Gasteiger partial charge in [-0.25, -0.2) is 0 Å². The largest absolute Gasteiger partial charge is 0.303 e. The normalized spacial score (nSPS) is 30.6. The Hall–Kier alpha value is -0.590. The minimum absolute atomic E-state index is 0.319. The van der Waals surface area contributed by atoms with Gasteiger partial charge in [-0.3, -0.25) is 0 Å². The summed E-state index contributed by atoms with van der Waals surface area (Å²) in [4.78, 5) is 10.1. The summed E-state index contributed by atoms with van der Waals surface area (Å²) in [5.41, 5.74) is 0. The summed E-state index contributed by atoms with van der Waals surface area (Å²) in [6.07, 6.45) is 15.8. The highest BCUT2D eigenvalue weighted by atomic mass is 16.1. The van der Waals surface area contributed by atoms with Gasteiger partial charge in [-0.05, 0) is 49.9 Å². The zero-order chi connectivity index (χ0) is 14.1. The second-order valence-corrected chi connectivity index (χ2v) is 6.95. The first-order chi connectivity index (χ1) is 9.11. The van der Waals surface area contributed by atoms with Crippen molar-refractivity contribution in [3.8, 4) is 0 Å². The molecule has 0 bridgehead atoms. The number of hydrogen-bond acceptors (Lipinski definition) is 1. The van der Waals surface area contributed by atoms with Crippen molar-refractivity contribution in [1.82, 2.24) is 0 Å². The van der Waals surface area contributed by atoms with Crippen LogP contribution in [0.4, 0.5) is 0 Å². The van der Waals surface area contributed by atoms with Crippen LogP contribution in [0, 0.1) is 23.7 Å². The van der Waals surface area contributed by atoms with Gasteiger partial charge >= 0.3 is 0 Å². The molecule has 2 aliphatic rings. The van der Waals surface area contributed by atoms with E-state index < -0.39 is 0 Å². The summed E-state index contributed by atoms with van der Waals surface area (Å²) in [5.74, 6) is 3.29. The molecule has 0 radical (unpaired) electrons. The Morgan fingerprint density at radius 1 is 1.21 bits per heavy atom. The molecule has 0 aromatic rings. The Balaban J connectivity index is 0.000000200. The number of carbonyl (C=O) groups is 1. The van der Waals surface area contributed by atoms with E-state index in [4.69, 9.17) is 0 Å². The Labute approximate surface area is 119 Å². The second kappa shape index (κ2) is 9.34. The van der Waals surface area contributed by atoms with Crippen molar-refractivity contribution in [3.05, 3.63) is 12.2 Å². The molecule has 0 spiro atoms. The number of allylic oxidation sites excluding steroid dienone is 2. The highest BCUT2D eigenvalue weighted by Crippen LogP contribution is 2.32. The average Bonchev–Trinajstić information content (AvgIpc) is 2.40. The minimum atomic E-state index is 0.319. The molecule has 0 amide bonds. The molecule has 0 aromatic carbocycles. The van der Waals surface area contributed by atoms with Gasteiger partial charge in [-0.15, -0.1) is 0 Å². The van der Waals surface area contributed by atoms with Crippen LogP contribution in [0.15, 0.2) is 12.2 Å². The van der Waals surface area contributed by atoms with E-state index in [9.17, 15) is 4.79 Å². The van der Waals surface area contributed by atoms with Gasteiger partial charge in [0.05, 0.1) is 0 Å². The first-order valence-electron chi connectivity index (χ1n) is 8.22. The predicted octanol–water partition coefficient (Wildman–Crippen LogP) is 5.40. The molecule has 2 rings (SSSR count). The fourth-order valence-corrected chi connectivity index (χ4v) is 3.38. The Kier molecular flexibility index (Phi) is 8.09. The maximum atomic E-state index is 10.1. The van der Waals surface area contributed by atoms with E-state index in [1.807, 2.05) is 0 Å². The Bertz CT molecular complexity index is 265. The zero-order valence-corrected chi connectivity index (χ0v) is 13.1. The molecule has 110 valence electrons. The van der Waals surface area contributed by atoms with E-state index in [2.05, 4.69) is 32.9 Å². The van der Waals surface area contributed by atoms with Crippen LogP contribution in [0.3, 0.4) is 0 Å². The first kappa shape index (κ1) is 16.5. The van der Waals surface area contributed by atoms with Crippen LogP contribution in [0.5, 0.6) is 0 Å². The molecule has 0 N–H and O–H groups in total. The predicted molar refractivity (Wildman–Crippen MR) is 83.1 cm³/mol. The molecular weight excluding hydrogens is 232 g/mol. The van der Waals surface area contributed by atoms with E-state index >= 15 is 0 Å². The van der Waals surface area contributed by atoms with Crippen molar-refractivity contribution >= 4 is 6.29 Å². The highest BCUT2D eigenvalue weighted by Gasteiger charge is 2.19. The van der Waals surface area contributed by atoms with E-state index in [-0.39, 0.29) is 0 Å². The van der Waals surface area contributed by atoms with Gasteiger partial charge in [0.2, 0.25) is 0 Å². The van der Waals surface area contributed by atoms with E-state index in [1.54, 1.807) is 0 Å². The Morgan fingerprint density at radius 2 is 2.00 bits per heavy atom. The van der Waals surface area contributed by atoms with Crippen molar-refractivity contribution in [1.29, 1.82) is 0 Å². The smallest absolute Gasteiger partial charge is 0.123 e. The van der Waals surface area contributed by atoms with Crippen LogP contribution in [-0.4, -0.2) is 6.29 Å². The van der Waals surface area contributed by atoms with Gasteiger partial charge < -0.3 is 4.79 Å². The van der Waals surface area contributed by atoms with Gasteiger partial charge in [-0.1, -0.05) is 52.2 Å². The molecule has 3 atom stereocenters. The third kappa shape index (κ3) is 7.54. The standard InChI is InChI=1S/C11H22.C7H10O/c1-9(2)7-11-6-4-5-10(3)8-11;8-6-7-4-2-1-3-5-7/h9-11H,4-8H2,1-3H3;1-2,6-7H,3-5H2. The SMILES string of the molecule is CC(C)CC1CCCC(C)C1.O=CC1CC=CCC1. The van der Waals surface area contributed by atoms with Gasteiger partial charge in [0, 0.05) is 5.92 Å². The summed E-state index contributed by atoms with van der Waals surface area (Å²) in [6.45, 7) is 7.10. The summed E-state index contributed by atoms with van der Waals surface area (Å²) in [7, 11) is 0. The topological polar surface area (TPSA) is 17.1 Å². The van der Waals surface area contributed by atoms with E-state index in [0.717, 1.165) is 43.3 Å². The number of hydrogen-bond donors (Lipinski definition) is 0. The van der Waals surface area contributed by atoms with E-state index in [1.165, 1.54) is 32.1 Å². The quantitative estimate of drug-likeness (QED) is 0.492. The summed E-state index contributed by atoms with van der Waals surface area (Å²) < 4.78 is 0. The summed E-state index contributed by atoms with van der Waals surface area (Å²) >= 11 is 0. The fraction of sp³-hybridized carbons (Fsp3) is 0.833. The fourth-order valence-electron chi connectivity index (χ4n) is 3.38. The third-order valence-corrected chi connectivity index (χ3v) is 4.35. The lowest BCUT2D eigenvalue weighted by Gasteiger charge is -2.27. The lowest BCUT2D eigenvalue weighted by molar-refractivity contribution is -0.111. The molecule has 1 fully saturated rings. The summed E-state index contributed by atoms with van der Waals surface area (Å²) in [5, 5.41) is 0. The average molecular weight is 264 g/mol. The molecule has 0 saturated heterocycles. The zero-order valence-electron chi connectivity index (χ0n) is 13.1. The second-order valence-electron chi connectivity index (χ2n) is 6.95. The van der Waals surface area contributed by atoms with Crippen molar-refractivity contribution < 1.29 is 4.79 Å². The molecule has 1 heteroatoms. The van der Waals surface area contributed by atoms with Crippen molar-refractivity contribution in [2.45, 2.75) is 72.1 Å². The number of carbonyl (C=O) groups excluding carboxylic acids is 1. The van der Waals surface area contributed by atoms with Crippen LogP contribution in [0.1, 0.15) is 72.1 Å². The van der Waals surface area contributed by atoms with E-state index in [0.29, 0.717) is 5.92 Å². The van der Waals surface area contributed by atoms with Crippen molar-refractivity contribution in [2.75, 3.05) is 0 Å². The molecule has 0 aromatic heterocycles. The van der Waals surface area contributed by atoms with Crippen LogP contribution in [0.25, 0.3) is 0 Å².